The van der Waals surface area contributed by atoms with Gasteiger partial charge in [-0.15, -0.1) is 0 Å². The zero-order valence-corrected chi connectivity index (χ0v) is 11.5. The molecule has 0 saturated carbocycles. The van der Waals surface area contributed by atoms with Crippen LogP contribution in [-0.4, -0.2) is 32.2 Å². The number of ether oxygens (including phenoxy) is 1. The van der Waals surface area contributed by atoms with Gasteiger partial charge in [0.15, 0.2) is 0 Å². The maximum Gasteiger partial charge on any atom is 0.251 e. The summed E-state index contributed by atoms with van der Waals surface area (Å²) in [5.74, 6) is 5.65. The first-order chi connectivity index (χ1) is 9.19. The first-order valence-electron chi connectivity index (χ1n) is 6.34. The van der Waals surface area contributed by atoms with Gasteiger partial charge in [0.25, 0.3) is 5.91 Å². The molecule has 1 rings (SSSR count). The molecule has 0 unspecified atom stereocenters. The van der Waals surface area contributed by atoms with Crippen molar-refractivity contribution in [1.29, 1.82) is 0 Å². The Balaban J connectivity index is 2.70. The average molecular weight is 260 g/mol. The largest absolute Gasteiger partial charge is 0.380 e. The summed E-state index contributed by atoms with van der Waals surface area (Å²) in [5.41, 5.74) is 7.82. The predicted octanol–water partition coefficient (Wildman–Crippen LogP) is 1.07. The van der Waals surface area contributed by atoms with Crippen LogP contribution in [0.25, 0.3) is 0 Å². The van der Waals surface area contributed by atoms with Gasteiger partial charge in [-0.1, -0.05) is 17.9 Å². The molecule has 0 aliphatic heterocycles. The monoisotopic (exact) mass is 260 g/mol. The molecule has 1 amide bonds. The van der Waals surface area contributed by atoms with Gasteiger partial charge in [-0.05, 0) is 31.5 Å². The Morgan fingerprint density at radius 2 is 2.26 bits per heavy atom. The Hall–Kier alpha value is -1.83. The predicted molar refractivity (Wildman–Crippen MR) is 75.9 cm³/mol. The number of benzene rings is 1. The maximum absolute atomic E-state index is 11.9. The van der Waals surface area contributed by atoms with Crippen molar-refractivity contribution >= 4 is 5.91 Å². The lowest BCUT2D eigenvalue weighted by Gasteiger charge is -2.07. The highest BCUT2D eigenvalue weighted by Gasteiger charge is 2.06. The molecule has 0 aliphatic carbocycles. The fourth-order valence-corrected chi connectivity index (χ4v) is 1.53. The van der Waals surface area contributed by atoms with E-state index in [0.29, 0.717) is 31.9 Å². The lowest BCUT2D eigenvalue weighted by molar-refractivity contribution is 0.0922. The second-order valence-corrected chi connectivity index (χ2v) is 3.99. The van der Waals surface area contributed by atoms with E-state index in [0.717, 1.165) is 11.1 Å². The van der Waals surface area contributed by atoms with Gasteiger partial charge in [-0.2, -0.15) is 0 Å². The summed E-state index contributed by atoms with van der Waals surface area (Å²) in [4.78, 5) is 11.9. The highest BCUT2D eigenvalue weighted by atomic mass is 16.5. The molecule has 0 atom stereocenters. The van der Waals surface area contributed by atoms with Gasteiger partial charge < -0.3 is 15.8 Å². The summed E-state index contributed by atoms with van der Waals surface area (Å²) in [6.45, 7) is 5.86. The third kappa shape index (κ3) is 5.12. The fraction of sp³-hybridized carbons (Fsp3) is 0.400. The van der Waals surface area contributed by atoms with Crippen molar-refractivity contribution in [1.82, 2.24) is 5.32 Å². The normalized spacial score (nSPS) is 9.63. The molecule has 0 saturated heterocycles. The number of hydrogen-bond donors (Lipinski definition) is 2. The number of carbonyl (C=O) groups excluding carboxylic acids is 1. The van der Waals surface area contributed by atoms with E-state index in [9.17, 15) is 4.79 Å². The summed E-state index contributed by atoms with van der Waals surface area (Å²) in [6, 6.07) is 5.46. The smallest absolute Gasteiger partial charge is 0.251 e. The number of nitrogens with two attached hydrogens (primary N) is 1. The van der Waals surface area contributed by atoms with Crippen molar-refractivity contribution < 1.29 is 9.53 Å². The number of nitrogens with one attached hydrogen (secondary N) is 1. The third-order valence-corrected chi connectivity index (χ3v) is 2.56. The number of aryl methyl sites for hydroxylation is 1. The van der Waals surface area contributed by atoms with Gasteiger partial charge in [-0.25, -0.2) is 0 Å². The van der Waals surface area contributed by atoms with E-state index in [1.165, 1.54) is 0 Å². The molecule has 1 aromatic carbocycles. The first kappa shape index (κ1) is 15.2. The van der Waals surface area contributed by atoms with E-state index in [2.05, 4.69) is 17.2 Å². The van der Waals surface area contributed by atoms with Crippen LogP contribution in [0, 0.1) is 18.8 Å². The van der Waals surface area contributed by atoms with Crippen molar-refractivity contribution in [2.75, 3.05) is 26.3 Å². The summed E-state index contributed by atoms with van der Waals surface area (Å²) in [6.07, 6.45) is 0. The third-order valence-electron chi connectivity index (χ3n) is 2.56. The quantitative estimate of drug-likeness (QED) is 0.615. The molecule has 3 N–H and O–H groups in total. The Bertz CT molecular complexity index is 487. The summed E-state index contributed by atoms with van der Waals surface area (Å²) < 4.78 is 5.16. The zero-order valence-electron chi connectivity index (χ0n) is 11.5. The molecule has 0 heterocycles. The maximum atomic E-state index is 11.9. The minimum Gasteiger partial charge on any atom is -0.380 e. The first-order valence-corrected chi connectivity index (χ1v) is 6.34. The van der Waals surface area contributed by atoms with E-state index in [1.807, 2.05) is 19.9 Å². The summed E-state index contributed by atoms with van der Waals surface area (Å²) in [5, 5.41) is 2.80. The van der Waals surface area contributed by atoms with E-state index in [-0.39, 0.29) is 5.91 Å². The minimum absolute atomic E-state index is 0.115. The second-order valence-electron chi connectivity index (χ2n) is 3.99. The molecule has 102 valence electrons. The molecule has 1 aromatic rings. The average Bonchev–Trinajstić information content (AvgIpc) is 2.42. The van der Waals surface area contributed by atoms with E-state index in [4.69, 9.17) is 10.5 Å². The lowest BCUT2D eigenvalue weighted by atomic mass is 10.0. The van der Waals surface area contributed by atoms with Crippen LogP contribution in [-0.2, 0) is 4.74 Å². The standard InChI is InChI=1S/C15H20N2O2/c1-3-19-10-9-17-15(18)14-7-6-12(2)13(11-14)5-4-8-16/h6-7,11H,3,8-10,16H2,1-2H3,(H,17,18). The van der Waals surface area contributed by atoms with Crippen LogP contribution >= 0.6 is 0 Å². The Morgan fingerprint density at radius 1 is 1.47 bits per heavy atom. The number of rotatable bonds is 5. The second kappa shape index (κ2) is 8.30. The van der Waals surface area contributed by atoms with Crippen LogP contribution in [0.4, 0.5) is 0 Å². The van der Waals surface area contributed by atoms with E-state index >= 15 is 0 Å². The van der Waals surface area contributed by atoms with E-state index < -0.39 is 0 Å². The molecule has 0 bridgehead atoms. The Kier molecular flexibility index (Phi) is 6.65. The van der Waals surface area contributed by atoms with Crippen LogP contribution in [0.15, 0.2) is 18.2 Å². The highest BCUT2D eigenvalue weighted by Crippen LogP contribution is 2.10. The molecule has 0 aliphatic rings. The number of hydrogen-bond acceptors (Lipinski definition) is 3. The number of carbonyl (C=O) groups is 1. The van der Waals surface area contributed by atoms with Crippen molar-refractivity contribution in [3.8, 4) is 11.8 Å². The van der Waals surface area contributed by atoms with Crippen molar-refractivity contribution in [2.45, 2.75) is 13.8 Å². The van der Waals surface area contributed by atoms with Crippen molar-refractivity contribution in [2.24, 2.45) is 5.73 Å². The lowest BCUT2D eigenvalue weighted by Crippen LogP contribution is -2.27. The van der Waals surface area contributed by atoms with Crippen LogP contribution in [0.1, 0.15) is 28.4 Å². The van der Waals surface area contributed by atoms with Crippen LogP contribution in [0.2, 0.25) is 0 Å². The molecule has 0 fully saturated rings. The van der Waals surface area contributed by atoms with Gasteiger partial charge in [0.2, 0.25) is 0 Å². The molecule has 4 nitrogen and oxygen atoms in total. The highest BCUT2D eigenvalue weighted by molar-refractivity contribution is 5.94. The Labute approximate surface area is 114 Å². The van der Waals surface area contributed by atoms with E-state index in [1.54, 1.807) is 12.1 Å². The molecule has 0 spiro atoms. The van der Waals surface area contributed by atoms with Gasteiger partial charge in [0, 0.05) is 24.3 Å². The molecule has 4 heteroatoms. The molecule has 19 heavy (non-hydrogen) atoms. The molecular weight excluding hydrogens is 240 g/mol. The van der Waals surface area contributed by atoms with Gasteiger partial charge in [-0.3, -0.25) is 4.79 Å². The van der Waals surface area contributed by atoms with Gasteiger partial charge in [0.1, 0.15) is 0 Å². The molecule has 0 radical (unpaired) electrons. The van der Waals surface area contributed by atoms with Crippen LogP contribution in [0.5, 0.6) is 0 Å². The topological polar surface area (TPSA) is 64.3 Å². The minimum atomic E-state index is -0.115. The summed E-state index contributed by atoms with van der Waals surface area (Å²) >= 11 is 0. The zero-order chi connectivity index (χ0) is 14.1. The SMILES string of the molecule is CCOCCNC(=O)c1ccc(C)c(C#CCN)c1. The number of amides is 1. The van der Waals surface area contributed by atoms with Gasteiger partial charge in [0.05, 0.1) is 13.2 Å². The van der Waals surface area contributed by atoms with Crippen LogP contribution < -0.4 is 11.1 Å². The van der Waals surface area contributed by atoms with Gasteiger partial charge >= 0.3 is 0 Å². The summed E-state index contributed by atoms with van der Waals surface area (Å²) in [7, 11) is 0. The fourth-order valence-electron chi connectivity index (χ4n) is 1.53. The molecular formula is C15H20N2O2. The van der Waals surface area contributed by atoms with Crippen molar-refractivity contribution in [3.63, 3.8) is 0 Å². The molecule has 0 aromatic heterocycles. The van der Waals surface area contributed by atoms with Crippen LogP contribution in [0.3, 0.4) is 0 Å². The van der Waals surface area contributed by atoms with Crippen molar-refractivity contribution in [3.05, 3.63) is 34.9 Å². The Morgan fingerprint density at radius 3 is 2.95 bits per heavy atom.